The van der Waals surface area contributed by atoms with E-state index < -0.39 is 24.0 Å². The van der Waals surface area contributed by atoms with E-state index in [9.17, 15) is 22.8 Å². The largest absolute Gasteiger partial charge is 0.402 e. The zero-order valence-electron chi connectivity index (χ0n) is 7.55. The molecule has 0 spiro atoms. The van der Waals surface area contributed by atoms with Gasteiger partial charge in [-0.25, -0.2) is 19.4 Å². The van der Waals surface area contributed by atoms with E-state index in [1.54, 1.807) is 0 Å². The van der Waals surface area contributed by atoms with Gasteiger partial charge in [-0.15, -0.1) is 0 Å². The molecule has 0 radical (unpaired) electrons. The molecule has 0 rings (SSSR count). The number of carbonyl (C=O) groups excluding carboxylic acids is 2. The highest BCUT2D eigenvalue weighted by Gasteiger charge is 2.43. The van der Waals surface area contributed by atoms with E-state index >= 15 is 0 Å². The molecule has 1 unspecified atom stereocenters. The van der Waals surface area contributed by atoms with Gasteiger partial charge in [-0.3, -0.25) is 0 Å². The Balaban J connectivity index is 4.04. The molecular weight excluding hydrogens is 205 g/mol. The van der Waals surface area contributed by atoms with Crippen LogP contribution in [0.1, 0.15) is 20.3 Å². The second-order valence-corrected chi connectivity index (χ2v) is 2.47. The summed E-state index contributed by atoms with van der Waals surface area (Å²) in [5.74, 6) is -4.86. The first-order valence-electron chi connectivity index (χ1n) is 3.77. The fourth-order valence-corrected chi connectivity index (χ4v) is 0.352. The molecule has 0 saturated carbocycles. The highest BCUT2D eigenvalue weighted by atomic mass is 19.4. The van der Waals surface area contributed by atoms with E-state index in [4.69, 9.17) is 0 Å². The summed E-state index contributed by atoms with van der Waals surface area (Å²) >= 11 is 0. The van der Waals surface area contributed by atoms with E-state index in [1.165, 1.54) is 6.92 Å². The van der Waals surface area contributed by atoms with Gasteiger partial charge in [0.2, 0.25) is 0 Å². The van der Waals surface area contributed by atoms with Crippen molar-refractivity contribution in [2.75, 3.05) is 0 Å². The Hall–Kier alpha value is -1.27. The van der Waals surface area contributed by atoms with Crippen LogP contribution in [-0.4, -0.2) is 18.1 Å². The Bertz CT molecular complexity index is 223. The summed E-state index contributed by atoms with van der Waals surface area (Å²) in [5.41, 5.74) is 0. The third kappa shape index (κ3) is 4.11. The van der Waals surface area contributed by atoms with Crippen molar-refractivity contribution in [1.29, 1.82) is 0 Å². The number of rotatable bonds is 2. The van der Waals surface area contributed by atoms with Gasteiger partial charge in [0.1, 0.15) is 0 Å². The maximum Gasteiger partial charge on any atom is 0.402 e. The summed E-state index contributed by atoms with van der Waals surface area (Å²) in [6.45, 7) is 2.02. The summed E-state index contributed by atoms with van der Waals surface area (Å²) in [5, 5.41) is 0. The van der Waals surface area contributed by atoms with Gasteiger partial charge in [0.05, 0.1) is 0 Å². The molecule has 14 heavy (non-hydrogen) atoms. The van der Waals surface area contributed by atoms with Crippen molar-refractivity contribution < 1.29 is 32.5 Å². The maximum absolute atomic E-state index is 11.9. The van der Waals surface area contributed by atoms with E-state index in [0.29, 0.717) is 6.92 Å². The minimum atomic E-state index is -4.70. The molecule has 0 aliphatic rings. The molecule has 0 aliphatic heterocycles. The topological polar surface area (TPSA) is 52.6 Å². The highest BCUT2D eigenvalue weighted by molar-refractivity contribution is 5.74. The predicted molar refractivity (Wildman–Crippen MR) is 37.7 cm³/mol. The molecule has 0 N–H and O–H groups in total. The number of alkyl halides is 3. The second-order valence-electron chi connectivity index (χ2n) is 2.47. The van der Waals surface area contributed by atoms with Crippen LogP contribution in [0.2, 0.25) is 0 Å². The third-order valence-electron chi connectivity index (χ3n) is 1.35. The molecule has 82 valence electrons. The third-order valence-corrected chi connectivity index (χ3v) is 1.35. The zero-order chi connectivity index (χ0) is 11.4. The smallest absolute Gasteiger partial charge is 0.247 e. The normalized spacial score (nSPS) is 13.2. The quantitative estimate of drug-likeness (QED) is 0.517. The Morgan fingerprint density at radius 1 is 1.29 bits per heavy atom. The van der Waals surface area contributed by atoms with Crippen LogP contribution in [0, 0.1) is 5.92 Å². The predicted octanol–water partition coefficient (Wildman–Crippen LogP) is 1.60. The second kappa shape index (κ2) is 4.83. The standard InChI is InChI=1S/C7H9F3O4/c1-3-5(11)13-14-6(12)4(2)7(8,9)10/h4H,3H2,1-2H3. The van der Waals surface area contributed by atoms with Crippen molar-refractivity contribution in [3.8, 4) is 0 Å². The van der Waals surface area contributed by atoms with Gasteiger partial charge >= 0.3 is 18.1 Å². The number of halogens is 3. The van der Waals surface area contributed by atoms with Crippen LogP contribution in [-0.2, 0) is 19.4 Å². The van der Waals surface area contributed by atoms with Crippen LogP contribution in [0.25, 0.3) is 0 Å². The maximum atomic E-state index is 11.9. The molecule has 0 fully saturated rings. The van der Waals surface area contributed by atoms with Crippen molar-refractivity contribution in [1.82, 2.24) is 0 Å². The van der Waals surface area contributed by atoms with Crippen LogP contribution in [0.15, 0.2) is 0 Å². The van der Waals surface area contributed by atoms with Gasteiger partial charge in [0.25, 0.3) is 0 Å². The summed E-state index contributed by atoms with van der Waals surface area (Å²) in [7, 11) is 0. The van der Waals surface area contributed by atoms with E-state index in [0.717, 1.165) is 0 Å². The lowest BCUT2D eigenvalue weighted by molar-refractivity contribution is -0.273. The van der Waals surface area contributed by atoms with Gasteiger partial charge in [0, 0.05) is 6.42 Å². The van der Waals surface area contributed by atoms with Gasteiger partial charge in [-0.1, -0.05) is 6.92 Å². The van der Waals surface area contributed by atoms with Gasteiger partial charge in [0.15, 0.2) is 5.92 Å². The van der Waals surface area contributed by atoms with Gasteiger partial charge in [-0.2, -0.15) is 13.2 Å². The number of hydrogen-bond acceptors (Lipinski definition) is 4. The lowest BCUT2D eigenvalue weighted by Crippen LogP contribution is -2.30. The van der Waals surface area contributed by atoms with Gasteiger partial charge < -0.3 is 0 Å². The van der Waals surface area contributed by atoms with Crippen molar-refractivity contribution in [2.45, 2.75) is 26.4 Å². The molecular formula is C7H9F3O4. The fourth-order valence-electron chi connectivity index (χ4n) is 0.352. The molecule has 0 aromatic carbocycles. The molecule has 0 aromatic heterocycles. The molecule has 0 aromatic rings. The van der Waals surface area contributed by atoms with Crippen LogP contribution in [0.3, 0.4) is 0 Å². The van der Waals surface area contributed by atoms with Crippen molar-refractivity contribution in [2.24, 2.45) is 5.92 Å². The summed E-state index contributed by atoms with van der Waals surface area (Å²) in [4.78, 5) is 28.5. The average Bonchev–Trinajstić information content (AvgIpc) is 2.10. The molecule has 0 bridgehead atoms. The molecule has 1 atom stereocenters. The highest BCUT2D eigenvalue weighted by Crippen LogP contribution is 2.26. The fraction of sp³-hybridized carbons (Fsp3) is 0.714. The van der Waals surface area contributed by atoms with Crippen molar-refractivity contribution >= 4 is 11.9 Å². The van der Waals surface area contributed by atoms with Gasteiger partial charge in [-0.05, 0) is 6.92 Å². The molecule has 7 heteroatoms. The van der Waals surface area contributed by atoms with E-state index in [2.05, 4.69) is 9.78 Å². The minimum Gasteiger partial charge on any atom is -0.247 e. The van der Waals surface area contributed by atoms with Crippen LogP contribution >= 0.6 is 0 Å². The summed E-state index contributed by atoms with van der Waals surface area (Å²) < 4.78 is 35.6. The van der Waals surface area contributed by atoms with Crippen molar-refractivity contribution in [3.05, 3.63) is 0 Å². The molecule has 0 heterocycles. The lowest BCUT2D eigenvalue weighted by atomic mass is 10.2. The average molecular weight is 214 g/mol. The van der Waals surface area contributed by atoms with E-state index in [1.807, 2.05) is 0 Å². The Morgan fingerprint density at radius 2 is 1.79 bits per heavy atom. The Labute approximate surface area is 77.9 Å². The molecule has 4 nitrogen and oxygen atoms in total. The first-order valence-corrected chi connectivity index (χ1v) is 3.77. The summed E-state index contributed by atoms with van der Waals surface area (Å²) in [6.07, 6.45) is -4.79. The molecule has 0 amide bonds. The van der Waals surface area contributed by atoms with Crippen LogP contribution in [0.5, 0.6) is 0 Å². The minimum absolute atomic E-state index is 0.0896. The van der Waals surface area contributed by atoms with Crippen LogP contribution < -0.4 is 0 Å². The number of hydrogen-bond donors (Lipinski definition) is 0. The first-order chi connectivity index (χ1) is 6.29. The lowest BCUT2D eigenvalue weighted by Gasteiger charge is -2.12. The molecule has 0 aliphatic carbocycles. The first kappa shape index (κ1) is 12.7. The van der Waals surface area contributed by atoms with Crippen LogP contribution in [0.4, 0.5) is 13.2 Å². The molecule has 0 saturated heterocycles. The van der Waals surface area contributed by atoms with E-state index in [-0.39, 0.29) is 6.42 Å². The zero-order valence-corrected chi connectivity index (χ0v) is 7.55. The monoisotopic (exact) mass is 214 g/mol. The Morgan fingerprint density at radius 3 is 2.14 bits per heavy atom. The SMILES string of the molecule is CCC(=O)OOC(=O)C(C)C(F)(F)F. The number of carbonyl (C=O) groups is 2. The summed E-state index contributed by atoms with van der Waals surface area (Å²) in [6, 6.07) is 0. The Kier molecular flexibility index (Phi) is 4.39. The van der Waals surface area contributed by atoms with Crippen molar-refractivity contribution in [3.63, 3.8) is 0 Å².